The van der Waals surface area contributed by atoms with Crippen LogP contribution in [0.4, 0.5) is 0 Å². The fourth-order valence-corrected chi connectivity index (χ4v) is 2.31. The van der Waals surface area contributed by atoms with E-state index in [4.69, 9.17) is 0 Å². The molecule has 0 amide bonds. The maximum Gasteiger partial charge on any atom is -0.0228 e. The second-order valence-corrected chi connectivity index (χ2v) is 5.05. The molecular weight excluding hydrogens is 216 g/mol. The van der Waals surface area contributed by atoms with Crippen LogP contribution in [0.3, 0.4) is 0 Å². The van der Waals surface area contributed by atoms with Gasteiger partial charge in [0.05, 0.1) is 0 Å². The zero-order chi connectivity index (χ0) is 13.1. The van der Waals surface area contributed by atoms with Gasteiger partial charge in [0.25, 0.3) is 0 Å². The quantitative estimate of drug-likeness (QED) is 0.452. The molecule has 0 spiro atoms. The van der Waals surface area contributed by atoms with Crippen LogP contribution >= 0.6 is 0 Å². The first-order valence-electron chi connectivity index (χ1n) is 7.63. The highest BCUT2D eigenvalue weighted by atomic mass is 14.0. The molecule has 0 heteroatoms. The molecule has 0 N–H and O–H groups in total. The molecule has 100 valence electrons. The molecule has 1 aromatic rings. The van der Waals surface area contributed by atoms with Crippen LogP contribution in [0.15, 0.2) is 36.4 Å². The van der Waals surface area contributed by atoms with Gasteiger partial charge in [-0.2, -0.15) is 0 Å². The standard InChI is InChI=1S/C18H28/c1-3-5-6-7-8-10-14-17(13-4-2)18-15-11-9-12-16-18/h9,11-12,14-16H,3-8,10,13H2,1-2H3. The van der Waals surface area contributed by atoms with Crippen LogP contribution < -0.4 is 0 Å². The molecule has 0 nitrogen and oxygen atoms in total. The third-order valence-corrected chi connectivity index (χ3v) is 3.36. The first kappa shape index (κ1) is 15.0. The van der Waals surface area contributed by atoms with E-state index in [2.05, 4.69) is 50.3 Å². The van der Waals surface area contributed by atoms with Crippen molar-refractivity contribution in [3.8, 4) is 0 Å². The molecule has 0 atom stereocenters. The summed E-state index contributed by atoms with van der Waals surface area (Å²) in [5.74, 6) is 0. The molecule has 1 rings (SSSR count). The van der Waals surface area contributed by atoms with Gasteiger partial charge in [-0.05, 0) is 30.4 Å². The maximum absolute atomic E-state index is 2.46. The number of hydrogen-bond donors (Lipinski definition) is 0. The average Bonchev–Trinajstić information content (AvgIpc) is 2.42. The van der Waals surface area contributed by atoms with Crippen molar-refractivity contribution in [1.82, 2.24) is 0 Å². The van der Waals surface area contributed by atoms with Crippen molar-refractivity contribution < 1.29 is 0 Å². The van der Waals surface area contributed by atoms with Crippen LogP contribution in [0.1, 0.15) is 70.8 Å². The molecule has 0 saturated heterocycles. The Morgan fingerprint density at radius 2 is 1.61 bits per heavy atom. The van der Waals surface area contributed by atoms with Gasteiger partial charge in [0.1, 0.15) is 0 Å². The Kier molecular flexibility index (Phi) is 8.29. The van der Waals surface area contributed by atoms with Crippen LogP contribution in [0, 0.1) is 0 Å². The normalized spacial score (nSPS) is 11.8. The minimum atomic E-state index is 1.21. The van der Waals surface area contributed by atoms with Crippen LogP contribution in [-0.4, -0.2) is 0 Å². The first-order chi connectivity index (χ1) is 8.88. The molecule has 0 unspecified atom stereocenters. The molecule has 0 saturated carbocycles. The third kappa shape index (κ3) is 6.05. The monoisotopic (exact) mass is 244 g/mol. The van der Waals surface area contributed by atoms with Crippen LogP contribution in [0.2, 0.25) is 0 Å². The van der Waals surface area contributed by atoms with E-state index in [1.165, 1.54) is 62.5 Å². The first-order valence-corrected chi connectivity index (χ1v) is 7.63. The summed E-state index contributed by atoms with van der Waals surface area (Å²) in [4.78, 5) is 0. The fourth-order valence-electron chi connectivity index (χ4n) is 2.31. The summed E-state index contributed by atoms with van der Waals surface area (Å²) in [6.07, 6.45) is 13.0. The van der Waals surface area contributed by atoms with Crippen LogP contribution in [0.5, 0.6) is 0 Å². The summed E-state index contributed by atoms with van der Waals surface area (Å²) in [6.45, 7) is 4.53. The highest BCUT2D eigenvalue weighted by Gasteiger charge is 1.99. The highest BCUT2D eigenvalue weighted by molar-refractivity contribution is 5.65. The summed E-state index contributed by atoms with van der Waals surface area (Å²) >= 11 is 0. The summed E-state index contributed by atoms with van der Waals surface area (Å²) < 4.78 is 0. The smallest absolute Gasteiger partial charge is 0.0228 e. The lowest BCUT2D eigenvalue weighted by molar-refractivity contribution is 0.637. The second kappa shape index (κ2) is 9.94. The molecule has 0 heterocycles. The third-order valence-electron chi connectivity index (χ3n) is 3.36. The van der Waals surface area contributed by atoms with Crippen molar-refractivity contribution in [1.29, 1.82) is 0 Å². The number of hydrogen-bond acceptors (Lipinski definition) is 0. The Morgan fingerprint density at radius 1 is 0.889 bits per heavy atom. The van der Waals surface area contributed by atoms with Gasteiger partial charge in [-0.1, -0.05) is 82.4 Å². The van der Waals surface area contributed by atoms with Gasteiger partial charge >= 0.3 is 0 Å². The zero-order valence-corrected chi connectivity index (χ0v) is 12.1. The Morgan fingerprint density at radius 3 is 2.28 bits per heavy atom. The topological polar surface area (TPSA) is 0 Å². The molecule has 0 radical (unpaired) electrons. The largest absolute Gasteiger partial charge is 0.0807 e. The van der Waals surface area contributed by atoms with E-state index in [0.717, 1.165) is 0 Å². The average molecular weight is 244 g/mol. The van der Waals surface area contributed by atoms with E-state index in [0.29, 0.717) is 0 Å². The SMILES string of the molecule is CCCCCCCC=C(CCC)c1ccccc1. The van der Waals surface area contributed by atoms with Crippen molar-refractivity contribution >= 4 is 5.57 Å². The van der Waals surface area contributed by atoms with Gasteiger partial charge in [-0.15, -0.1) is 0 Å². The minimum Gasteiger partial charge on any atom is -0.0807 e. The molecule has 0 aliphatic rings. The Hall–Kier alpha value is -1.04. The predicted octanol–water partition coefficient (Wildman–Crippen LogP) is 6.23. The van der Waals surface area contributed by atoms with Gasteiger partial charge in [0, 0.05) is 0 Å². The number of rotatable bonds is 9. The number of allylic oxidation sites excluding steroid dienone is 2. The van der Waals surface area contributed by atoms with Crippen molar-refractivity contribution in [2.45, 2.75) is 65.2 Å². The van der Waals surface area contributed by atoms with E-state index >= 15 is 0 Å². The molecule has 18 heavy (non-hydrogen) atoms. The predicted molar refractivity (Wildman–Crippen MR) is 82.7 cm³/mol. The van der Waals surface area contributed by atoms with Crippen molar-refractivity contribution in [2.24, 2.45) is 0 Å². The summed E-state index contributed by atoms with van der Waals surface area (Å²) in [5, 5.41) is 0. The Labute approximate surface area is 113 Å². The van der Waals surface area contributed by atoms with Crippen molar-refractivity contribution in [2.75, 3.05) is 0 Å². The van der Waals surface area contributed by atoms with Crippen LogP contribution in [-0.2, 0) is 0 Å². The molecule has 0 fully saturated rings. The van der Waals surface area contributed by atoms with E-state index < -0.39 is 0 Å². The van der Waals surface area contributed by atoms with Crippen molar-refractivity contribution in [3.63, 3.8) is 0 Å². The fraction of sp³-hybridized carbons (Fsp3) is 0.556. The zero-order valence-electron chi connectivity index (χ0n) is 12.1. The van der Waals surface area contributed by atoms with Gasteiger partial charge in [0.2, 0.25) is 0 Å². The Balaban J connectivity index is 2.42. The lowest BCUT2D eigenvalue weighted by Crippen LogP contribution is -1.85. The second-order valence-electron chi connectivity index (χ2n) is 5.05. The van der Waals surface area contributed by atoms with Gasteiger partial charge in [-0.3, -0.25) is 0 Å². The van der Waals surface area contributed by atoms with E-state index in [-0.39, 0.29) is 0 Å². The van der Waals surface area contributed by atoms with E-state index in [1.807, 2.05) is 0 Å². The van der Waals surface area contributed by atoms with Gasteiger partial charge in [-0.25, -0.2) is 0 Å². The van der Waals surface area contributed by atoms with E-state index in [9.17, 15) is 0 Å². The van der Waals surface area contributed by atoms with Gasteiger partial charge < -0.3 is 0 Å². The molecule has 0 aliphatic heterocycles. The Bertz CT molecular complexity index is 321. The van der Waals surface area contributed by atoms with Gasteiger partial charge in [0.15, 0.2) is 0 Å². The minimum absolute atomic E-state index is 1.21. The van der Waals surface area contributed by atoms with Crippen molar-refractivity contribution in [3.05, 3.63) is 42.0 Å². The lowest BCUT2D eigenvalue weighted by atomic mass is 9.99. The summed E-state index contributed by atoms with van der Waals surface area (Å²) in [7, 11) is 0. The molecule has 0 aliphatic carbocycles. The van der Waals surface area contributed by atoms with Crippen LogP contribution in [0.25, 0.3) is 5.57 Å². The number of benzene rings is 1. The lowest BCUT2D eigenvalue weighted by Gasteiger charge is -2.06. The molecular formula is C18H28. The summed E-state index contributed by atoms with van der Waals surface area (Å²) in [6, 6.07) is 10.8. The molecule has 0 aromatic heterocycles. The summed E-state index contributed by atoms with van der Waals surface area (Å²) in [5.41, 5.74) is 2.95. The number of unbranched alkanes of at least 4 members (excludes halogenated alkanes) is 5. The maximum atomic E-state index is 2.46. The molecule has 0 bridgehead atoms. The van der Waals surface area contributed by atoms with E-state index in [1.54, 1.807) is 0 Å². The molecule has 1 aromatic carbocycles. The highest BCUT2D eigenvalue weighted by Crippen LogP contribution is 2.21.